The summed E-state index contributed by atoms with van der Waals surface area (Å²) in [6.45, 7) is 1.74. The number of thioether (sulfide) groups is 2. The molecule has 1 heterocycles. The largest absolute Gasteiger partial charge is 0.482 e. The van der Waals surface area contributed by atoms with E-state index in [1.54, 1.807) is 18.2 Å². The molecule has 3 rings (SSSR count). The van der Waals surface area contributed by atoms with Crippen LogP contribution in [0.4, 0.5) is 0 Å². The van der Waals surface area contributed by atoms with Crippen molar-refractivity contribution in [2.45, 2.75) is 11.5 Å². The molecular formula is C18H17ClO3S2. The molecule has 0 bridgehead atoms. The second kappa shape index (κ2) is 8.19. The lowest BCUT2D eigenvalue weighted by Gasteiger charge is -2.10. The highest BCUT2D eigenvalue weighted by molar-refractivity contribution is 8.19. The maximum atomic E-state index is 11.9. The number of hydrogen-bond donors (Lipinski definition) is 0. The average molecular weight is 381 g/mol. The first-order valence-electron chi connectivity index (χ1n) is 7.54. The first-order valence-corrected chi connectivity index (χ1v) is 10.0. The Labute approximate surface area is 155 Å². The average Bonchev–Trinajstić information content (AvgIpc) is 3.11. The molecule has 0 atom stereocenters. The number of esters is 1. The maximum absolute atomic E-state index is 11.9. The van der Waals surface area contributed by atoms with Crippen molar-refractivity contribution in [3.63, 3.8) is 0 Å². The Hall–Kier alpha value is -1.30. The molecular weight excluding hydrogens is 364 g/mol. The monoisotopic (exact) mass is 380 g/mol. The van der Waals surface area contributed by atoms with Crippen LogP contribution in [0.5, 0.6) is 11.5 Å². The van der Waals surface area contributed by atoms with Crippen LogP contribution in [-0.2, 0) is 4.79 Å². The Kier molecular flexibility index (Phi) is 5.98. The van der Waals surface area contributed by atoms with Crippen molar-refractivity contribution >= 4 is 41.1 Å². The van der Waals surface area contributed by atoms with E-state index in [0.717, 1.165) is 5.56 Å². The van der Waals surface area contributed by atoms with Gasteiger partial charge in [-0.1, -0.05) is 23.7 Å². The molecule has 0 N–H and O–H groups in total. The van der Waals surface area contributed by atoms with Crippen molar-refractivity contribution in [3.8, 4) is 11.5 Å². The summed E-state index contributed by atoms with van der Waals surface area (Å²) >= 11 is 9.86. The van der Waals surface area contributed by atoms with E-state index in [1.807, 2.05) is 54.7 Å². The lowest BCUT2D eigenvalue weighted by Crippen LogP contribution is -2.17. The van der Waals surface area contributed by atoms with Gasteiger partial charge in [-0.05, 0) is 48.4 Å². The van der Waals surface area contributed by atoms with Gasteiger partial charge in [-0.2, -0.15) is 0 Å². The molecule has 24 heavy (non-hydrogen) atoms. The maximum Gasteiger partial charge on any atom is 0.349 e. The molecule has 1 aliphatic rings. The van der Waals surface area contributed by atoms with E-state index in [9.17, 15) is 4.79 Å². The molecule has 2 aromatic rings. The van der Waals surface area contributed by atoms with Gasteiger partial charge in [0.2, 0.25) is 0 Å². The lowest BCUT2D eigenvalue weighted by molar-refractivity contribution is -0.136. The third kappa shape index (κ3) is 4.62. The number of halogens is 1. The standard InChI is InChI=1S/C18H17ClO3S2/c1-12-10-15(6-7-16(12)19)21-11-17(20)22-14-4-2-13(3-5-14)18-23-8-9-24-18/h2-7,10,18H,8-9,11H2,1H3. The molecule has 1 saturated heterocycles. The SMILES string of the molecule is Cc1cc(OCC(=O)Oc2ccc(C3SCCS3)cc2)ccc1Cl. The Balaban J connectivity index is 1.51. The van der Waals surface area contributed by atoms with E-state index in [2.05, 4.69) is 0 Å². The highest BCUT2D eigenvalue weighted by Crippen LogP contribution is 2.45. The van der Waals surface area contributed by atoms with Gasteiger partial charge in [0.1, 0.15) is 11.5 Å². The Morgan fingerprint density at radius 3 is 2.46 bits per heavy atom. The van der Waals surface area contributed by atoms with E-state index in [4.69, 9.17) is 21.1 Å². The van der Waals surface area contributed by atoms with Crippen LogP contribution in [0.15, 0.2) is 42.5 Å². The number of carbonyl (C=O) groups is 1. The molecule has 1 fully saturated rings. The van der Waals surface area contributed by atoms with Crippen molar-refractivity contribution in [2.24, 2.45) is 0 Å². The van der Waals surface area contributed by atoms with Crippen LogP contribution in [-0.4, -0.2) is 24.1 Å². The van der Waals surface area contributed by atoms with Gasteiger partial charge >= 0.3 is 5.97 Å². The Morgan fingerprint density at radius 2 is 1.79 bits per heavy atom. The zero-order chi connectivity index (χ0) is 16.9. The Bertz CT molecular complexity index is 713. The molecule has 0 spiro atoms. The summed E-state index contributed by atoms with van der Waals surface area (Å²) in [6.07, 6.45) is 0. The van der Waals surface area contributed by atoms with Crippen LogP contribution < -0.4 is 9.47 Å². The van der Waals surface area contributed by atoms with Gasteiger partial charge in [-0.25, -0.2) is 4.79 Å². The van der Waals surface area contributed by atoms with Crippen LogP contribution in [0.3, 0.4) is 0 Å². The number of hydrogen-bond acceptors (Lipinski definition) is 5. The molecule has 2 aromatic carbocycles. The van der Waals surface area contributed by atoms with E-state index in [1.165, 1.54) is 17.1 Å². The van der Waals surface area contributed by atoms with Crippen molar-refractivity contribution in [1.82, 2.24) is 0 Å². The molecule has 0 aromatic heterocycles. The van der Waals surface area contributed by atoms with E-state index in [-0.39, 0.29) is 6.61 Å². The molecule has 0 unspecified atom stereocenters. The van der Waals surface area contributed by atoms with Crippen LogP contribution in [0.1, 0.15) is 15.7 Å². The van der Waals surface area contributed by atoms with Gasteiger partial charge in [0.25, 0.3) is 0 Å². The third-order valence-corrected chi connectivity index (χ3v) is 7.02. The first-order chi connectivity index (χ1) is 11.6. The van der Waals surface area contributed by atoms with Crippen LogP contribution in [0, 0.1) is 6.92 Å². The summed E-state index contributed by atoms with van der Waals surface area (Å²) in [7, 11) is 0. The summed E-state index contributed by atoms with van der Waals surface area (Å²) < 4.78 is 11.2. The van der Waals surface area contributed by atoms with Gasteiger partial charge in [0.05, 0.1) is 4.58 Å². The first kappa shape index (κ1) is 17.5. The minimum atomic E-state index is -0.431. The lowest BCUT2D eigenvalue weighted by atomic mass is 10.2. The molecule has 0 radical (unpaired) electrons. The summed E-state index contributed by atoms with van der Waals surface area (Å²) in [5, 5.41) is 0.670. The van der Waals surface area contributed by atoms with Crippen molar-refractivity contribution in [2.75, 3.05) is 18.1 Å². The van der Waals surface area contributed by atoms with E-state index in [0.29, 0.717) is 21.1 Å². The molecule has 0 saturated carbocycles. The molecule has 1 aliphatic heterocycles. The smallest absolute Gasteiger partial charge is 0.349 e. The second-order valence-corrected chi connectivity index (χ2v) is 8.45. The zero-order valence-corrected chi connectivity index (χ0v) is 15.5. The number of aryl methyl sites for hydroxylation is 1. The quantitative estimate of drug-likeness (QED) is 0.532. The molecule has 126 valence electrons. The number of benzene rings is 2. The highest BCUT2D eigenvalue weighted by Gasteiger charge is 2.18. The summed E-state index contributed by atoms with van der Waals surface area (Å²) in [5.41, 5.74) is 2.16. The minimum Gasteiger partial charge on any atom is -0.482 e. The van der Waals surface area contributed by atoms with Gasteiger partial charge in [0.15, 0.2) is 6.61 Å². The fourth-order valence-electron chi connectivity index (χ4n) is 2.25. The summed E-state index contributed by atoms with van der Waals surface area (Å²) in [4.78, 5) is 11.9. The zero-order valence-electron chi connectivity index (χ0n) is 13.2. The molecule has 0 amide bonds. The molecule has 0 aliphatic carbocycles. The number of rotatable bonds is 5. The fourth-order valence-corrected chi connectivity index (χ4v) is 5.23. The van der Waals surface area contributed by atoms with Crippen LogP contribution >= 0.6 is 35.1 Å². The third-order valence-electron chi connectivity index (χ3n) is 3.49. The van der Waals surface area contributed by atoms with Crippen LogP contribution in [0.2, 0.25) is 5.02 Å². The van der Waals surface area contributed by atoms with Crippen LogP contribution in [0.25, 0.3) is 0 Å². The summed E-state index contributed by atoms with van der Waals surface area (Å²) in [6, 6.07) is 13.0. The highest BCUT2D eigenvalue weighted by atomic mass is 35.5. The summed E-state index contributed by atoms with van der Waals surface area (Å²) in [5.74, 6) is 3.08. The number of ether oxygens (including phenoxy) is 2. The van der Waals surface area contributed by atoms with E-state index < -0.39 is 5.97 Å². The van der Waals surface area contributed by atoms with Gasteiger partial charge in [-0.15, -0.1) is 23.5 Å². The number of carbonyl (C=O) groups excluding carboxylic acids is 1. The fraction of sp³-hybridized carbons (Fsp3) is 0.278. The van der Waals surface area contributed by atoms with Crippen molar-refractivity contribution in [1.29, 1.82) is 0 Å². The second-order valence-electron chi connectivity index (χ2n) is 5.32. The predicted molar refractivity (Wildman–Crippen MR) is 101 cm³/mol. The predicted octanol–water partition coefficient (Wildman–Crippen LogP) is 5.11. The van der Waals surface area contributed by atoms with Crippen molar-refractivity contribution < 1.29 is 14.3 Å². The van der Waals surface area contributed by atoms with Gasteiger partial charge in [0, 0.05) is 16.5 Å². The normalized spacial score (nSPS) is 14.6. The van der Waals surface area contributed by atoms with Crippen molar-refractivity contribution in [3.05, 3.63) is 58.6 Å². The van der Waals surface area contributed by atoms with E-state index >= 15 is 0 Å². The van der Waals surface area contributed by atoms with Gasteiger partial charge in [-0.3, -0.25) is 0 Å². The molecule has 6 heteroatoms. The Morgan fingerprint density at radius 1 is 1.12 bits per heavy atom. The molecule has 3 nitrogen and oxygen atoms in total. The minimum absolute atomic E-state index is 0.142. The van der Waals surface area contributed by atoms with Gasteiger partial charge < -0.3 is 9.47 Å². The topological polar surface area (TPSA) is 35.5 Å².